The molecule has 1 aliphatic heterocycles. The monoisotopic (exact) mass is 206 g/mol. The first-order valence-corrected chi connectivity index (χ1v) is 5.32. The Morgan fingerprint density at radius 3 is 2.87 bits per heavy atom. The van der Waals surface area contributed by atoms with Crippen LogP contribution < -0.4 is 15.8 Å². The van der Waals surface area contributed by atoms with E-state index in [2.05, 4.69) is 18.3 Å². The van der Waals surface area contributed by atoms with Crippen LogP contribution in [-0.2, 0) is 6.42 Å². The van der Waals surface area contributed by atoms with Gasteiger partial charge in [-0.3, -0.25) is 0 Å². The van der Waals surface area contributed by atoms with Crippen LogP contribution in [0.3, 0.4) is 0 Å². The Hall–Kier alpha value is -1.22. The van der Waals surface area contributed by atoms with Crippen LogP contribution in [0.15, 0.2) is 12.1 Å². The fraction of sp³-hybridized carbons (Fsp3) is 0.500. The minimum Gasteiger partial charge on any atom is -0.495 e. The highest BCUT2D eigenvalue weighted by Gasteiger charge is 2.27. The lowest BCUT2D eigenvalue weighted by Gasteiger charge is -2.15. The Labute approximate surface area is 90.6 Å². The van der Waals surface area contributed by atoms with Crippen molar-refractivity contribution in [3.05, 3.63) is 23.3 Å². The van der Waals surface area contributed by atoms with Crippen molar-refractivity contribution < 1.29 is 4.74 Å². The van der Waals surface area contributed by atoms with E-state index in [1.807, 2.05) is 13.0 Å². The fourth-order valence-corrected chi connectivity index (χ4v) is 2.10. The van der Waals surface area contributed by atoms with Crippen LogP contribution >= 0.6 is 0 Å². The van der Waals surface area contributed by atoms with Crippen LogP contribution in [0.4, 0.5) is 5.69 Å². The first-order valence-electron chi connectivity index (χ1n) is 5.32. The molecule has 0 aromatic heterocycles. The van der Waals surface area contributed by atoms with Gasteiger partial charge in [-0.1, -0.05) is 6.07 Å². The molecule has 0 saturated heterocycles. The molecular weight excluding hydrogens is 188 g/mol. The lowest BCUT2D eigenvalue weighted by molar-refractivity contribution is 0.416. The number of fused-ring (bicyclic) bond motifs is 1. The molecule has 0 fully saturated rings. The Balaban J connectivity index is 2.39. The van der Waals surface area contributed by atoms with E-state index in [1.165, 1.54) is 11.1 Å². The smallest absolute Gasteiger partial charge is 0.142 e. The topological polar surface area (TPSA) is 47.3 Å². The Morgan fingerprint density at radius 2 is 2.27 bits per heavy atom. The number of ether oxygens (including phenoxy) is 1. The Morgan fingerprint density at radius 1 is 1.53 bits per heavy atom. The summed E-state index contributed by atoms with van der Waals surface area (Å²) in [6, 6.07) is 4.59. The van der Waals surface area contributed by atoms with Gasteiger partial charge in [0.1, 0.15) is 5.75 Å². The van der Waals surface area contributed by atoms with Crippen LogP contribution in [0.1, 0.15) is 18.1 Å². The van der Waals surface area contributed by atoms with Gasteiger partial charge in [0.25, 0.3) is 0 Å². The number of hydrogen-bond donors (Lipinski definition) is 2. The molecule has 1 heterocycles. The summed E-state index contributed by atoms with van der Waals surface area (Å²) in [5, 5.41) is 3.44. The molecule has 0 radical (unpaired) electrons. The molecule has 3 nitrogen and oxygen atoms in total. The summed E-state index contributed by atoms with van der Waals surface area (Å²) in [5.41, 5.74) is 9.69. The number of nitrogens with one attached hydrogen (secondary N) is 1. The SMILES string of the molecule is COc1ccc(C)c2c1NC(C(C)N)C2. The minimum absolute atomic E-state index is 0.154. The van der Waals surface area contributed by atoms with Crippen LogP contribution in [0.5, 0.6) is 5.75 Å². The minimum atomic E-state index is 0.154. The van der Waals surface area contributed by atoms with Gasteiger partial charge in [-0.05, 0) is 37.5 Å². The number of anilines is 1. The van der Waals surface area contributed by atoms with E-state index in [9.17, 15) is 0 Å². The number of nitrogens with two attached hydrogens (primary N) is 1. The number of methoxy groups -OCH3 is 1. The van der Waals surface area contributed by atoms with Crippen molar-refractivity contribution in [3.63, 3.8) is 0 Å². The number of benzene rings is 1. The van der Waals surface area contributed by atoms with Crippen LogP contribution in [0.25, 0.3) is 0 Å². The second kappa shape index (κ2) is 3.74. The maximum absolute atomic E-state index is 5.92. The predicted molar refractivity (Wildman–Crippen MR) is 62.5 cm³/mol. The average Bonchev–Trinajstić information content (AvgIpc) is 2.64. The first kappa shape index (κ1) is 10.3. The maximum atomic E-state index is 5.92. The molecule has 1 aromatic rings. The standard InChI is InChI=1S/C12H18N2O/c1-7-4-5-11(15-3)12-9(7)6-10(14-12)8(2)13/h4-5,8,10,14H,6,13H2,1-3H3. The molecule has 15 heavy (non-hydrogen) atoms. The van der Waals surface area contributed by atoms with Crippen LogP contribution in [0.2, 0.25) is 0 Å². The lowest BCUT2D eigenvalue weighted by atomic mass is 10.0. The Bertz CT molecular complexity index is 374. The molecule has 1 aliphatic rings. The molecule has 0 bridgehead atoms. The summed E-state index contributed by atoms with van der Waals surface area (Å²) >= 11 is 0. The third kappa shape index (κ3) is 1.67. The molecule has 3 heteroatoms. The maximum Gasteiger partial charge on any atom is 0.142 e. The molecule has 3 N–H and O–H groups in total. The van der Waals surface area contributed by atoms with Crippen molar-refractivity contribution in [1.82, 2.24) is 0 Å². The zero-order valence-electron chi connectivity index (χ0n) is 9.50. The van der Waals surface area contributed by atoms with E-state index < -0.39 is 0 Å². The summed E-state index contributed by atoms with van der Waals surface area (Å²) < 4.78 is 5.34. The molecule has 0 spiro atoms. The van der Waals surface area contributed by atoms with E-state index in [0.29, 0.717) is 6.04 Å². The number of rotatable bonds is 2. The largest absolute Gasteiger partial charge is 0.495 e. The van der Waals surface area contributed by atoms with Crippen LogP contribution in [0, 0.1) is 6.92 Å². The van der Waals surface area contributed by atoms with Gasteiger partial charge in [0.15, 0.2) is 0 Å². The van der Waals surface area contributed by atoms with Gasteiger partial charge in [0.05, 0.1) is 12.8 Å². The highest BCUT2D eigenvalue weighted by Crippen LogP contribution is 2.37. The van der Waals surface area contributed by atoms with Gasteiger partial charge in [-0.15, -0.1) is 0 Å². The van der Waals surface area contributed by atoms with Crippen LogP contribution in [-0.4, -0.2) is 19.2 Å². The molecule has 1 aromatic carbocycles. The predicted octanol–water partition coefficient (Wildman–Crippen LogP) is 1.69. The Kier molecular flexibility index (Phi) is 2.57. The molecule has 0 aliphatic carbocycles. The summed E-state index contributed by atoms with van der Waals surface area (Å²) in [4.78, 5) is 0. The highest BCUT2D eigenvalue weighted by molar-refractivity contribution is 5.68. The van der Waals surface area contributed by atoms with Crippen molar-refractivity contribution in [2.75, 3.05) is 12.4 Å². The highest BCUT2D eigenvalue weighted by atomic mass is 16.5. The second-order valence-electron chi connectivity index (χ2n) is 4.25. The summed E-state index contributed by atoms with van der Waals surface area (Å²) in [6.45, 7) is 4.16. The molecular formula is C12H18N2O. The van der Waals surface area contributed by atoms with Gasteiger partial charge in [-0.2, -0.15) is 0 Å². The quantitative estimate of drug-likeness (QED) is 0.774. The van der Waals surface area contributed by atoms with E-state index in [4.69, 9.17) is 10.5 Å². The molecule has 2 unspecified atom stereocenters. The van der Waals surface area contributed by atoms with Crippen molar-refractivity contribution in [2.24, 2.45) is 5.73 Å². The number of aryl methyl sites for hydroxylation is 1. The van der Waals surface area contributed by atoms with E-state index in [-0.39, 0.29) is 6.04 Å². The van der Waals surface area contributed by atoms with Crippen molar-refractivity contribution in [3.8, 4) is 5.75 Å². The molecule has 2 atom stereocenters. The summed E-state index contributed by atoms with van der Waals surface area (Å²) in [7, 11) is 1.70. The van der Waals surface area contributed by atoms with E-state index >= 15 is 0 Å². The van der Waals surface area contributed by atoms with Gasteiger partial charge in [0, 0.05) is 12.1 Å². The first-order chi connectivity index (χ1) is 7.13. The van der Waals surface area contributed by atoms with Crippen molar-refractivity contribution in [2.45, 2.75) is 32.4 Å². The van der Waals surface area contributed by atoms with Gasteiger partial charge in [-0.25, -0.2) is 0 Å². The van der Waals surface area contributed by atoms with Gasteiger partial charge in [0.2, 0.25) is 0 Å². The van der Waals surface area contributed by atoms with E-state index in [1.54, 1.807) is 7.11 Å². The van der Waals surface area contributed by atoms with E-state index in [0.717, 1.165) is 17.9 Å². The second-order valence-corrected chi connectivity index (χ2v) is 4.25. The third-order valence-electron chi connectivity index (χ3n) is 3.12. The third-order valence-corrected chi connectivity index (χ3v) is 3.12. The summed E-state index contributed by atoms with van der Waals surface area (Å²) in [6.07, 6.45) is 0.996. The molecule has 2 rings (SSSR count). The molecule has 0 amide bonds. The van der Waals surface area contributed by atoms with Gasteiger partial charge < -0.3 is 15.8 Å². The zero-order chi connectivity index (χ0) is 11.0. The zero-order valence-corrected chi connectivity index (χ0v) is 9.50. The van der Waals surface area contributed by atoms with Crippen molar-refractivity contribution >= 4 is 5.69 Å². The van der Waals surface area contributed by atoms with Gasteiger partial charge >= 0.3 is 0 Å². The molecule has 82 valence electrons. The normalized spacial score (nSPS) is 20.7. The van der Waals surface area contributed by atoms with Crippen molar-refractivity contribution in [1.29, 1.82) is 0 Å². The summed E-state index contributed by atoms with van der Waals surface area (Å²) in [5.74, 6) is 0.916. The number of hydrogen-bond acceptors (Lipinski definition) is 3. The fourth-order valence-electron chi connectivity index (χ4n) is 2.10. The average molecular weight is 206 g/mol. The molecule has 0 saturated carbocycles. The lowest BCUT2D eigenvalue weighted by Crippen LogP contribution is -2.36.